The van der Waals surface area contributed by atoms with Crippen LogP contribution in [0, 0.1) is 6.92 Å². The summed E-state index contributed by atoms with van der Waals surface area (Å²) >= 11 is 0. The Balaban J connectivity index is 1.73. The molecule has 2 aromatic carbocycles. The molecule has 0 aliphatic carbocycles. The highest BCUT2D eigenvalue weighted by Crippen LogP contribution is 2.23. The standard InChI is InChI=1S/C17H19N3O3/c1-12-7-8-14(15(21)11-12)20-16(22)9-10-18-17(23)19-13-5-3-2-4-6-13/h2-8,11,21H,9-10H2,1H3,(H,20,22)(H2,18,19,23). The number of phenolic OH excluding ortho intramolecular Hbond substituents is 1. The number of aromatic hydroxyl groups is 1. The molecular formula is C17H19N3O3. The Morgan fingerprint density at radius 2 is 1.78 bits per heavy atom. The molecule has 2 aromatic rings. The highest BCUT2D eigenvalue weighted by molar-refractivity contribution is 5.93. The molecule has 23 heavy (non-hydrogen) atoms. The number of rotatable bonds is 5. The second kappa shape index (κ2) is 7.84. The van der Waals surface area contributed by atoms with E-state index in [4.69, 9.17) is 0 Å². The van der Waals surface area contributed by atoms with E-state index in [1.165, 1.54) is 0 Å². The normalized spacial score (nSPS) is 9.96. The number of hydrogen-bond acceptors (Lipinski definition) is 3. The summed E-state index contributed by atoms with van der Waals surface area (Å²) in [4.78, 5) is 23.4. The fourth-order valence-electron chi connectivity index (χ4n) is 1.95. The predicted octanol–water partition coefficient (Wildman–Crippen LogP) is 2.85. The van der Waals surface area contributed by atoms with Crippen molar-refractivity contribution in [2.24, 2.45) is 0 Å². The fraction of sp³-hybridized carbons (Fsp3) is 0.176. The molecule has 0 unspecified atom stereocenters. The highest BCUT2D eigenvalue weighted by atomic mass is 16.3. The zero-order valence-corrected chi connectivity index (χ0v) is 12.8. The van der Waals surface area contributed by atoms with Crippen LogP contribution in [0.3, 0.4) is 0 Å². The predicted molar refractivity (Wildman–Crippen MR) is 89.6 cm³/mol. The van der Waals surface area contributed by atoms with Gasteiger partial charge in [-0.05, 0) is 36.8 Å². The lowest BCUT2D eigenvalue weighted by Crippen LogP contribution is -2.31. The summed E-state index contributed by atoms with van der Waals surface area (Å²) < 4.78 is 0. The third kappa shape index (κ3) is 5.35. The van der Waals surface area contributed by atoms with Crippen LogP contribution in [0.25, 0.3) is 0 Å². The molecule has 0 spiro atoms. The molecule has 6 nitrogen and oxygen atoms in total. The number of aryl methyl sites for hydroxylation is 1. The number of anilines is 2. The van der Waals surface area contributed by atoms with Crippen LogP contribution in [0.1, 0.15) is 12.0 Å². The first-order valence-corrected chi connectivity index (χ1v) is 7.24. The van der Waals surface area contributed by atoms with Crippen LogP contribution in [0.5, 0.6) is 5.75 Å². The first-order chi connectivity index (χ1) is 11.0. The van der Waals surface area contributed by atoms with Gasteiger partial charge in [0.2, 0.25) is 5.91 Å². The Bertz CT molecular complexity index is 687. The van der Waals surface area contributed by atoms with Gasteiger partial charge in [-0.15, -0.1) is 0 Å². The number of nitrogens with one attached hydrogen (secondary N) is 3. The molecule has 3 amide bonds. The summed E-state index contributed by atoms with van der Waals surface area (Å²) in [5, 5.41) is 17.6. The minimum absolute atomic E-state index is 0.0214. The minimum Gasteiger partial charge on any atom is -0.506 e. The van der Waals surface area contributed by atoms with E-state index in [0.29, 0.717) is 11.4 Å². The number of phenols is 1. The van der Waals surface area contributed by atoms with Gasteiger partial charge in [-0.3, -0.25) is 4.79 Å². The van der Waals surface area contributed by atoms with Gasteiger partial charge in [-0.1, -0.05) is 24.3 Å². The van der Waals surface area contributed by atoms with Crippen molar-refractivity contribution in [1.82, 2.24) is 5.32 Å². The van der Waals surface area contributed by atoms with E-state index in [1.807, 2.05) is 25.1 Å². The zero-order chi connectivity index (χ0) is 16.7. The smallest absolute Gasteiger partial charge is 0.319 e. The molecule has 0 heterocycles. The summed E-state index contributed by atoms with van der Waals surface area (Å²) in [6, 6.07) is 13.7. The molecular weight excluding hydrogens is 294 g/mol. The fourth-order valence-corrected chi connectivity index (χ4v) is 1.95. The van der Waals surface area contributed by atoms with Gasteiger partial charge in [0.05, 0.1) is 5.69 Å². The lowest BCUT2D eigenvalue weighted by Gasteiger charge is -2.09. The van der Waals surface area contributed by atoms with Gasteiger partial charge < -0.3 is 21.1 Å². The summed E-state index contributed by atoms with van der Waals surface area (Å²) in [7, 11) is 0. The first kappa shape index (κ1) is 16.4. The Hall–Kier alpha value is -3.02. The maximum atomic E-state index is 11.8. The number of benzene rings is 2. The summed E-state index contributed by atoms with van der Waals surface area (Å²) in [6.45, 7) is 2.04. The molecule has 0 aliphatic heterocycles. The van der Waals surface area contributed by atoms with Crippen molar-refractivity contribution in [2.45, 2.75) is 13.3 Å². The SMILES string of the molecule is Cc1ccc(NC(=O)CCNC(=O)Nc2ccccc2)c(O)c1. The Labute approximate surface area is 134 Å². The number of carbonyl (C=O) groups excluding carboxylic acids is 2. The average Bonchev–Trinajstić information content (AvgIpc) is 2.51. The second-order valence-corrected chi connectivity index (χ2v) is 5.07. The van der Waals surface area contributed by atoms with Crippen LogP contribution >= 0.6 is 0 Å². The van der Waals surface area contributed by atoms with E-state index in [0.717, 1.165) is 5.56 Å². The summed E-state index contributed by atoms with van der Waals surface area (Å²) in [6.07, 6.45) is 0.107. The van der Waals surface area contributed by atoms with Crippen molar-refractivity contribution in [2.75, 3.05) is 17.2 Å². The Morgan fingerprint density at radius 1 is 1.04 bits per heavy atom. The molecule has 120 valence electrons. The van der Waals surface area contributed by atoms with Gasteiger partial charge in [-0.25, -0.2) is 4.79 Å². The van der Waals surface area contributed by atoms with Gasteiger partial charge in [-0.2, -0.15) is 0 Å². The Kier molecular flexibility index (Phi) is 5.57. The zero-order valence-electron chi connectivity index (χ0n) is 12.8. The van der Waals surface area contributed by atoms with Gasteiger partial charge in [0.25, 0.3) is 0 Å². The van der Waals surface area contributed by atoms with Crippen LogP contribution in [0.2, 0.25) is 0 Å². The average molecular weight is 313 g/mol. The van der Waals surface area contributed by atoms with Crippen LogP contribution in [-0.4, -0.2) is 23.6 Å². The number of urea groups is 1. The third-order valence-corrected chi connectivity index (χ3v) is 3.10. The minimum atomic E-state index is -0.373. The lowest BCUT2D eigenvalue weighted by atomic mass is 10.2. The molecule has 6 heteroatoms. The molecule has 0 aromatic heterocycles. The van der Waals surface area contributed by atoms with Crippen molar-refractivity contribution >= 4 is 23.3 Å². The van der Waals surface area contributed by atoms with Crippen molar-refractivity contribution in [3.8, 4) is 5.75 Å². The first-order valence-electron chi connectivity index (χ1n) is 7.24. The molecule has 0 radical (unpaired) electrons. The van der Waals surface area contributed by atoms with Gasteiger partial charge in [0, 0.05) is 18.7 Å². The number of amides is 3. The van der Waals surface area contributed by atoms with Crippen molar-refractivity contribution in [3.05, 3.63) is 54.1 Å². The van der Waals surface area contributed by atoms with Crippen LogP contribution in [0.15, 0.2) is 48.5 Å². The van der Waals surface area contributed by atoms with E-state index >= 15 is 0 Å². The maximum Gasteiger partial charge on any atom is 0.319 e. The van der Waals surface area contributed by atoms with E-state index < -0.39 is 0 Å². The summed E-state index contributed by atoms with van der Waals surface area (Å²) in [5.74, 6) is -0.266. The van der Waals surface area contributed by atoms with Crippen molar-refractivity contribution in [1.29, 1.82) is 0 Å². The number of para-hydroxylation sites is 1. The van der Waals surface area contributed by atoms with Gasteiger partial charge in [0.15, 0.2) is 0 Å². The molecule has 0 fully saturated rings. The maximum absolute atomic E-state index is 11.8. The molecule has 2 rings (SSSR count). The van der Waals surface area contributed by atoms with Crippen molar-refractivity contribution in [3.63, 3.8) is 0 Å². The lowest BCUT2D eigenvalue weighted by molar-refractivity contribution is -0.116. The van der Waals surface area contributed by atoms with E-state index in [-0.39, 0.29) is 30.7 Å². The molecule has 4 N–H and O–H groups in total. The molecule has 0 saturated heterocycles. The quantitative estimate of drug-likeness (QED) is 0.640. The number of carbonyl (C=O) groups is 2. The monoisotopic (exact) mass is 313 g/mol. The van der Waals surface area contributed by atoms with Crippen LogP contribution in [-0.2, 0) is 4.79 Å². The van der Waals surface area contributed by atoms with Gasteiger partial charge in [0.1, 0.15) is 5.75 Å². The summed E-state index contributed by atoms with van der Waals surface area (Å²) in [5.41, 5.74) is 1.94. The van der Waals surface area contributed by atoms with E-state index in [1.54, 1.807) is 30.3 Å². The largest absolute Gasteiger partial charge is 0.506 e. The molecule has 0 atom stereocenters. The Morgan fingerprint density at radius 3 is 2.48 bits per heavy atom. The highest BCUT2D eigenvalue weighted by Gasteiger charge is 2.07. The third-order valence-electron chi connectivity index (χ3n) is 3.10. The number of hydrogen-bond donors (Lipinski definition) is 4. The second-order valence-electron chi connectivity index (χ2n) is 5.07. The molecule has 0 bridgehead atoms. The van der Waals surface area contributed by atoms with Gasteiger partial charge >= 0.3 is 6.03 Å². The topological polar surface area (TPSA) is 90.5 Å². The molecule has 0 saturated carbocycles. The van der Waals surface area contributed by atoms with Crippen molar-refractivity contribution < 1.29 is 14.7 Å². The van der Waals surface area contributed by atoms with E-state index in [9.17, 15) is 14.7 Å². The van der Waals surface area contributed by atoms with E-state index in [2.05, 4.69) is 16.0 Å². The van der Waals surface area contributed by atoms with Crippen LogP contribution < -0.4 is 16.0 Å². The molecule has 0 aliphatic rings. The van der Waals surface area contributed by atoms with Crippen LogP contribution in [0.4, 0.5) is 16.2 Å².